The van der Waals surface area contributed by atoms with Gasteiger partial charge in [-0.1, -0.05) is 6.92 Å². The molecule has 0 aromatic heterocycles. The van der Waals surface area contributed by atoms with Gasteiger partial charge >= 0.3 is 0 Å². The molecule has 23 heavy (non-hydrogen) atoms. The largest absolute Gasteiger partial charge is 0.490 e. The first-order valence-electron chi connectivity index (χ1n) is 7.82. The van der Waals surface area contributed by atoms with Gasteiger partial charge in [0, 0.05) is 23.5 Å². The molecule has 124 valence electrons. The first-order valence-corrected chi connectivity index (χ1v) is 7.82. The molecule has 1 saturated carbocycles. The third kappa shape index (κ3) is 3.08. The minimum Gasteiger partial charge on any atom is -0.490 e. The van der Waals surface area contributed by atoms with Crippen LogP contribution < -0.4 is 10.2 Å². The Morgan fingerprint density at radius 1 is 1.48 bits per heavy atom. The van der Waals surface area contributed by atoms with Crippen LogP contribution in [0.1, 0.15) is 42.9 Å². The lowest BCUT2D eigenvalue weighted by Crippen LogP contribution is -2.32. The molecule has 3 rings (SSSR count). The van der Waals surface area contributed by atoms with Crippen molar-refractivity contribution in [3.63, 3.8) is 0 Å². The number of ether oxygens (including phenoxy) is 1. The molecule has 1 unspecified atom stereocenters. The number of carbonyl (C=O) groups excluding carboxylic acids is 1. The second kappa shape index (κ2) is 5.60. The molecule has 0 spiro atoms. The van der Waals surface area contributed by atoms with Crippen LogP contribution in [0.15, 0.2) is 11.2 Å². The van der Waals surface area contributed by atoms with Crippen LogP contribution in [-0.4, -0.2) is 28.9 Å². The van der Waals surface area contributed by atoms with Crippen LogP contribution in [-0.2, 0) is 4.79 Å². The van der Waals surface area contributed by atoms with Gasteiger partial charge in [0.1, 0.15) is 18.2 Å². The molecule has 1 aliphatic carbocycles. The maximum absolute atomic E-state index is 14.8. The molecule has 5 nitrogen and oxygen atoms in total. The Kier molecular flexibility index (Phi) is 3.88. The van der Waals surface area contributed by atoms with Crippen LogP contribution in [0.4, 0.5) is 4.39 Å². The molecular formula is C17H21FN2O3. The van der Waals surface area contributed by atoms with Crippen molar-refractivity contribution >= 4 is 11.6 Å². The number of rotatable bonds is 4. The van der Waals surface area contributed by atoms with Gasteiger partial charge in [-0.05, 0) is 38.3 Å². The molecule has 1 atom stereocenters. The number of hydrogen-bond donors (Lipinski definition) is 2. The Labute approximate surface area is 134 Å². The van der Waals surface area contributed by atoms with Crippen molar-refractivity contribution < 1.29 is 19.0 Å². The first-order chi connectivity index (χ1) is 10.8. The van der Waals surface area contributed by atoms with Gasteiger partial charge in [-0.25, -0.2) is 9.82 Å². The zero-order chi connectivity index (χ0) is 16.8. The summed E-state index contributed by atoms with van der Waals surface area (Å²) in [6.45, 7) is 5.54. The summed E-state index contributed by atoms with van der Waals surface area (Å²) in [4.78, 5) is 11.4. The summed E-state index contributed by atoms with van der Waals surface area (Å²) >= 11 is 0. The van der Waals surface area contributed by atoms with E-state index < -0.39 is 11.4 Å². The average Bonchev–Trinajstić information content (AvgIpc) is 3.21. The number of aryl methyl sites for hydroxylation is 1. The molecule has 0 bridgehead atoms. The minimum absolute atomic E-state index is 0.143. The van der Waals surface area contributed by atoms with Crippen LogP contribution in [0.25, 0.3) is 0 Å². The van der Waals surface area contributed by atoms with Crippen molar-refractivity contribution in [2.24, 2.45) is 11.0 Å². The van der Waals surface area contributed by atoms with Gasteiger partial charge in [0.25, 0.3) is 0 Å². The van der Waals surface area contributed by atoms with E-state index in [9.17, 15) is 14.3 Å². The third-order valence-corrected chi connectivity index (χ3v) is 4.47. The maximum atomic E-state index is 14.8. The summed E-state index contributed by atoms with van der Waals surface area (Å²) in [5, 5.41) is 13.9. The molecule has 1 heterocycles. The van der Waals surface area contributed by atoms with Crippen molar-refractivity contribution in [2.45, 2.75) is 45.6 Å². The first kappa shape index (κ1) is 15.9. The molecule has 0 saturated heterocycles. The minimum atomic E-state index is -0.750. The number of benzene rings is 1. The van der Waals surface area contributed by atoms with Crippen molar-refractivity contribution in [1.29, 1.82) is 0 Å². The average molecular weight is 320 g/mol. The summed E-state index contributed by atoms with van der Waals surface area (Å²) in [6, 6.07) is 1.70. The van der Waals surface area contributed by atoms with E-state index >= 15 is 0 Å². The SMILES string of the molecule is Cc1cc(C2=NNC(=O)CC2C)c(F)c(C)c1OCC1(O)CC1. The predicted octanol–water partition coefficient (Wildman–Crippen LogP) is 2.21. The number of nitrogens with one attached hydrogen (secondary N) is 1. The van der Waals surface area contributed by atoms with Gasteiger partial charge in [-0.2, -0.15) is 5.10 Å². The Bertz CT molecular complexity index is 696. The summed E-state index contributed by atoms with van der Waals surface area (Å²) in [5.41, 5.74) is 3.79. The van der Waals surface area contributed by atoms with E-state index in [1.807, 2.05) is 13.8 Å². The quantitative estimate of drug-likeness (QED) is 0.893. The van der Waals surface area contributed by atoms with Crippen LogP contribution in [0.3, 0.4) is 0 Å². The topological polar surface area (TPSA) is 70.9 Å². The molecule has 1 amide bonds. The summed E-state index contributed by atoms with van der Waals surface area (Å²) in [6.07, 6.45) is 1.74. The van der Waals surface area contributed by atoms with E-state index in [1.165, 1.54) is 0 Å². The van der Waals surface area contributed by atoms with Crippen molar-refractivity contribution in [3.8, 4) is 5.75 Å². The summed E-state index contributed by atoms with van der Waals surface area (Å²) in [7, 11) is 0. The second-order valence-corrected chi connectivity index (χ2v) is 6.66. The monoisotopic (exact) mass is 320 g/mol. The number of aliphatic hydroxyl groups is 1. The van der Waals surface area contributed by atoms with Gasteiger partial charge < -0.3 is 9.84 Å². The van der Waals surface area contributed by atoms with E-state index in [4.69, 9.17) is 4.74 Å². The summed E-state index contributed by atoms with van der Waals surface area (Å²) in [5.74, 6) is -0.224. The lowest BCUT2D eigenvalue weighted by molar-refractivity contribution is -0.121. The highest BCUT2D eigenvalue weighted by molar-refractivity contribution is 6.06. The standard InChI is InChI=1S/C17H21FN2O3/c1-9-7-13(21)19-20-15(9)12-6-10(2)16(11(3)14(12)18)23-8-17(22)4-5-17/h6,9,22H,4-5,7-8H2,1-3H3,(H,19,21). The van der Waals surface area contributed by atoms with Gasteiger partial charge in [0.05, 0.1) is 11.3 Å². The van der Waals surface area contributed by atoms with E-state index in [0.717, 1.165) is 18.4 Å². The molecule has 0 radical (unpaired) electrons. The van der Waals surface area contributed by atoms with Crippen molar-refractivity contribution in [3.05, 3.63) is 28.6 Å². The molecule has 1 aliphatic heterocycles. The number of hydrogen-bond acceptors (Lipinski definition) is 4. The van der Waals surface area contributed by atoms with E-state index in [2.05, 4.69) is 10.5 Å². The van der Waals surface area contributed by atoms with Gasteiger partial charge in [-0.15, -0.1) is 0 Å². The number of carbonyl (C=O) groups is 1. The van der Waals surface area contributed by atoms with E-state index in [0.29, 0.717) is 29.0 Å². The molecule has 1 aromatic carbocycles. The molecular weight excluding hydrogens is 299 g/mol. The molecule has 6 heteroatoms. The summed E-state index contributed by atoms with van der Waals surface area (Å²) < 4.78 is 20.5. The Morgan fingerprint density at radius 3 is 2.78 bits per heavy atom. The van der Waals surface area contributed by atoms with Crippen LogP contribution >= 0.6 is 0 Å². The molecule has 2 aliphatic rings. The zero-order valence-corrected chi connectivity index (χ0v) is 13.6. The molecule has 1 aromatic rings. The lowest BCUT2D eigenvalue weighted by Gasteiger charge is -2.22. The highest BCUT2D eigenvalue weighted by atomic mass is 19.1. The fourth-order valence-corrected chi connectivity index (χ4v) is 2.83. The molecule has 1 fully saturated rings. The van der Waals surface area contributed by atoms with E-state index in [1.54, 1.807) is 13.0 Å². The van der Waals surface area contributed by atoms with Crippen LogP contribution in [0, 0.1) is 25.6 Å². The number of amides is 1. The second-order valence-electron chi connectivity index (χ2n) is 6.66. The highest BCUT2D eigenvalue weighted by Crippen LogP contribution is 2.37. The van der Waals surface area contributed by atoms with Gasteiger partial charge in [-0.3, -0.25) is 4.79 Å². The van der Waals surface area contributed by atoms with Crippen molar-refractivity contribution in [2.75, 3.05) is 6.61 Å². The Hall–Kier alpha value is -1.95. The third-order valence-electron chi connectivity index (χ3n) is 4.47. The Balaban J connectivity index is 1.92. The smallest absolute Gasteiger partial charge is 0.240 e. The van der Waals surface area contributed by atoms with Gasteiger partial charge in [0.2, 0.25) is 5.91 Å². The predicted molar refractivity (Wildman–Crippen MR) is 84.0 cm³/mol. The van der Waals surface area contributed by atoms with Crippen LogP contribution in [0.2, 0.25) is 0 Å². The number of nitrogens with zero attached hydrogens (tertiary/aromatic N) is 1. The van der Waals surface area contributed by atoms with E-state index in [-0.39, 0.29) is 18.4 Å². The van der Waals surface area contributed by atoms with Gasteiger partial charge in [0.15, 0.2) is 0 Å². The fraction of sp³-hybridized carbons (Fsp3) is 0.529. The van der Waals surface area contributed by atoms with Crippen LogP contribution in [0.5, 0.6) is 5.75 Å². The number of hydrazone groups is 1. The normalized spacial score (nSPS) is 22.4. The Morgan fingerprint density at radius 2 is 2.17 bits per heavy atom. The highest BCUT2D eigenvalue weighted by Gasteiger charge is 2.41. The zero-order valence-electron chi connectivity index (χ0n) is 13.6. The maximum Gasteiger partial charge on any atom is 0.240 e. The number of halogens is 1. The van der Waals surface area contributed by atoms with Crippen molar-refractivity contribution in [1.82, 2.24) is 5.43 Å². The fourth-order valence-electron chi connectivity index (χ4n) is 2.83. The molecule has 2 N–H and O–H groups in total. The lowest BCUT2D eigenvalue weighted by atomic mass is 9.91.